The van der Waals surface area contributed by atoms with Crippen LogP contribution >= 0.6 is 0 Å². The molecule has 1 saturated heterocycles. The minimum Gasteiger partial charge on any atom is -0.354 e. The first-order chi connectivity index (χ1) is 13.7. The van der Waals surface area contributed by atoms with Crippen LogP contribution in [-0.2, 0) is 16.2 Å². The van der Waals surface area contributed by atoms with E-state index in [1.165, 1.54) is 12.4 Å². The zero-order valence-electron chi connectivity index (χ0n) is 15.2. The number of nitrogens with zero attached hydrogens (tertiary/aromatic N) is 4. The third kappa shape index (κ3) is 5.02. The van der Waals surface area contributed by atoms with Gasteiger partial charge in [-0.2, -0.15) is 18.4 Å². The number of halogens is 3. The SMILES string of the molecule is N#Cc1nccnc1N1CCC(CNS(=O)(=O)c2ccc(C(F)(F)F)cc2)CC1. The largest absolute Gasteiger partial charge is 0.416 e. The number of anilines is 1. The normalized spacial score (nSPS) is 15.9. The molecule has 0 spiro atoms. The van der Waals surface area contributed by atoms with Gasteiger partial charge in [0.1, 0.15) is 6.07 Å². The number of nitrogens with one attached hydrogen (secondary N) is 1. The van der Waals surface area contributed by atoms with E-state index in [1.54, 1.807) is 0 Å². The maximum Gasteiger partial charge on any atom is 0.416 e. The Bertz CT molecular complexity index is 995. The van der Waals surface area contributed by atoms with Crippen LogP contribution in [0.25, 0.3) is 0 Å². The minimum absolute atomic E-state index is 0.0673. The number of piperidine rings is 1. The fourth-order valence-corrected chi connectivity index (χ4v) is 4.24. The highest BCUT2D eigenvalue weighted by molar-refractivity contribution is 7.89. The zero-order valence-corrected chi connectivity index (χ0v) is 16.0. The molecule has 1 aromatic carbocycles. The molecule has 0 aliphatic carbocycles. The summed E-state index contributed by atoms with van der Waals surface area (Å²) >= 11 is 0. The first-order valence-corrected chi connectivity index (χ1v) is 10.3. The van der Waals surface area contributed by atoms with Crippen LogP contribution in [0.15, 0.2) is 41.6 Å². The predicted molar refractivity (Wildman–Crippen MR) is 98.3 cm³/mol. The monoisotopic (exact) mass is 425 g/mol. The molecule has 1 N–H and O–H groups in total. The van der Waals surface area contributed by atoms with Gasteiger partial charge in [-0.15, -0.1) is 0 Å². The average molecular weight is 425 g/mol. The lowest BCUT2D eigenvalue weighted by molar-refractivity contribution is -0.137. The summed E-state index contributed by atoms with van der Waals surface area (Å²) in [7, 11) is -3.89. The molecule has 1 aliphatic heterocycles. The molecule has 0 atom stereocenters. The van der Waals surface area contributed by atoms with Crippen molar-refractivity contribution in [3.63, 3.8) is 0 Å². The molecule has 2 heterocycles. The zero-order chi connectivity index (χ0) is 21.1. The highest BCUT2D eigenvalue weighted by Crippen LogP contribution is 2.30. The number of nitriles is 1. The molecule has 0 amide bonds. The summed E-state index contributed by atoms with van der Waals surface area (Å²) in [5, 5.41) is 9.13. The molecule has 1 fully saturated rings. The van der Waals surface area contributed by atoms with Crippen LogP contribution in [0.4, 0.5) is 19.0 Å². The molecule has 11 heteroatoms. The first kappa shape index (κ1) is 21.0. The summed E-state index contributed by atoms with van der Waals surface area (Å²) in [5.41, 5.74) is -0.654. The van der Waals surface area contributed by atoms with Gasteiger partial charge >= 0.3 is 6.18 Å². The van der Waals surface area contributed by atoms with Crippen LogP contribution in [0.2, 0.25) is 0 Å². The molecule has 0 bridgehead atoms. The van der Waals surface area contributed by atoms with Gasteiger partial charge in [0.05, 0.1) is 10.5 Å². The van der Waals surface area contributed by atoms with E-state index in [0.29, 0.717) is 31.7 Å². The number of hydrogen-bond donors (Lipinski definition) is 1. The molecular formula is C18H18F3N5O2S. The molecular weight excluding hydrogens is 407 g/mol. The maximum absolute atomic E-state index is 12.6. The highest BCUT2D eigenvalue weighted by Gasteiger charge is 2.31. The molecule has 0 saturated carbocycles. The van der Waals surface area contributed by atoms with E-state index < -0.39 is 21.8 Å². The van der Waals surface area contributed by atoms with Crippen molar-refractivity contribution in [2.24, 2.45) is 5.92 Å². The number of rotatable bonds is 5. The van der Waals surface area contributed by atoms with Crippen molar-refractivity contribution in [2.75, 3.05) is 24.5 Å². The van der Waals surface area contributed by atoms with Crippen molar-refractivity contribution < 1.29 is 21.6 Å². The molecule has 2 aromatic rings. The Balaban J connectivity index is 1.56. The summed E-state index contributed by atoms with van der Waals surface area (Å²) in [4.78, 5) is 9.91. The molecule has 7 nitrogen and oxygen atoms in total. The molecule has 0 radical (unpaired) electrons. The lowest BCUT2D eigenvalue weighted by Gasteiger charge is -2.32. The van der Waals surface area contributed by atoms with E-state index in [4.69, 9.17) is 5.26 Å². The standard InChI is InChI=1S/C18H18F3N5O2S/c19-18(20,21)14-1-3-15(4-2-14)29(27,28)25-12-13-5-9-26(10-6-13)17-16(11-22)23-7-8-24-17/h1-4,7-8,13,25H,5-6,9-10,12H2. The molecule has 3 rings (SSSR count). The highest BCUT2D eigenvalue weighted by atomic mass is 32.2. The predicted octanol–water partition coefficient (Wildman–Crippen LogP) is 2.56. The van der Waals surface area contributed by atoms with Crippen molar-refractivity contribution >= 4 is 15.8 Å². The second kappa shape index (κ2) is 8.34. The van der Waals surface area contributed by atoms with Gasteiger partial charge in [-0.3, -0.25) is 0 Å². The van der Waals surface area contributed by atoms with Gasteiger partial charge in [-0.25, -0.2) is 23.1 Å². The van der Waals surface area contributed by atoms with E-state index >= 15 is 0 Å². The third-order valence-electron chi connectivity index (χ3n) is 4.75. The number of alkyl halides is 3. The first-order valence-electron chi connectivity index (χ1n) is 8.83. The number of sulfonamides is 1. The Kier molecular flexibility index (Phi) is 6.04. The summed E-state index contributed by atoms with van der Waals surface area (Å²) in [6.45, 7) is 1.38. The quantitative estimate of drug-likeness (QED) is 0.791. The molecule has 29 heavy (non-hydrogen) atoms. The minimum atomic E-state index is -4.52. The number of benzene rings is 1. The van der Waals surface area contributed by atoms with Gasteiger partial charge < -0.3 is 4.90 Å². The fourth-order valence-electron chi connectivity index (χ4n) is 3.12. The van der Waals surface area contributed by atoms with Gasteiger partial charge in [0.25, 0.3) is 0 Å². The molecule has 1 aromatic heterocycles. The van der Waals surface area contributed by atoms with Crippen LogP contribution in [0.3, 0.4) is 0 Å². The lowest BCUT2D eigenvalue weighted by Crippen LogP contribution is -2.39. The summed E-state index contributed by atoms with van der Waals surface area (Å²) in [6, 6.07) is 5.40. The van der Waals surface area contributed by atoms with E-state index in [2.05, 4.69) is 14.7 Å². The Morgan fingerprint density at radius 1 is 1.14 bits per heavy atom. The van der Waals surface area contributed by atoms with Gasteiger partial charge in [-0.1, -0.05) is 0 Å². The number of hydrogen-bond acceptors (Lipinski definition) is 6. The van der Waals surface area contributed by atoms with Crippen molar-refractivity contribution in [1.82, 2.24) is 14.7 Å². The molecule has 154 valence electrons. The third-order valence-corrected chi connectivity index (χ3v) is 6.19. The topological polar surface area (TPSA) is 99.0 Å². The van der Waals surface area contributed by atoms with Crippen LogP contribution < -0.4 is 9.62 Å². The average Bonchev–Trinajstić information content (AvgIpc) is 2.72. The van der Waals surface area contributed by atoms with Gasteiger partial charge in [0.2, 0.25) is 10.0 Å². The second-order valence-corrected chi connectivity index (χ2v) is 8.41. The molecule has 1 aliphatic rings. The summed E-state index contributed by atoms with van der Waals surface area (Å²) in [5.74, 6) is 0.580. The van der Waals surface area contributed by atoms with Crippen molar-refractivity contribution in [1.29, 1.82) is 5.26 Å². The van der Waals surface area contributed by atoms with Gasteiger partial charge in [0.15, 0.2) is 11.5 Å². The Hall–Kier alpha value is -2.71. The Morgan fingerprint density at radius 3 is 2.34 bits per heavy atom. The van der Waals surface area contributed by atoms with Crippen molar-refractivity contribution in [3.05, 3.63) is 47.9 Å². The van der Waals surface area contributed by atoms with E-state index in [9.17, 15) is 21.6 Å². The number of aromatic nitrogens is 2. The van der Waals surface area contributed by atoms with Crippen molar-refractivity contribution in [3.8, 4) is 6.07 Å². The van der Waals surface area contributed by atoms with Gasteiger partial charge in [-0.05, 0) is 43.0 Å². The fraction of sp³-hybridized carbons (Fsp3) is 0.389. The van der Waals surface area contributed by atoms with Crippen LogP contribution in [0, 0.1) is 17.2 Å². The van der Waals surface area contributed by atoms with E-state index in [1.807, 2.05) is 11.0 Å². The Morgan fingerprint density at radius 2 is 1.76 bits per heavy atom. The second-order valence-electron chi connectivity index (χ2n) is 6.64. The van der Waals surface area contributed by atoms with E-state index in [0.717, 1.165) is 24.3 Å². The lowest BCUT2D eigenvalue weighted by atomic mass is 9.97. The van der Waals surface area contributed by atoms with E-state index in [-0.39, 0.29) is 23.1 Å². The van der Waals surface area contributed by atoms with Crippen molar-refractivity contribution in [2.45, 2.75) is 23.9 Å². The molecule has 0 unspecified atom stereocenters. The summed E-state index contributed by atoms with van der Waals surface area (Å²) in [6.07, 6.45) is -0.197. The van der Waals surface area contributed by atoms with Crippen LogP contribution in [0.5, 0.6) is 0 Å². The summed E-state index contributed by atoms with van der Waals surface area (Å²) < 4.78 is 65.0. The Labute approximate surface area is 166 Å². The van der Waals surface area contributed by atoms with Crippen LogP contribution in [0.1, 0.15) is 24.1 Å². The van der Waals surface area contributed by atoms with Gasteiger partial charge in [0, 0.05) is 32.0 Å². The maximum atomic E-state index is 12.6. The van der Waals surface area contributed by atoms with Crippen LogP contribution in [-0.4, -0.2) is 38.0 Å². The smallest absolute Gasteiger partial charge is 0.354 e.